The number of likely N-dealkylation sites (tertiary alicyclic amines) is 1. The molecule has 0 saturated carbocycles. The fraction of sp³-hybridized carbons (Fsp3) is 0.615. The molecule has 1 aromatic heterocycles. The number of nitrogens with zero attached hydrogens (tertiary/aromatic N) is 2. The van der Waals surface area contributed by atoms with Gasteiger partial charge in [-0.1, -0.05) is 0 Å². The van der Waals surface area contributed by atoms with Gasteiger partial charge in [-0.15, -0.1) is 11.3 Å². The maximum Gasteiger partial charge on any atom is 0.265 e. The second kappa shape index (κ2) is 6.25. The van der Waals surface area contributed by atoms with Crippen molar-refractivity contribution in [1.82, 2.24) is 9.80 Å². The van der Waals surface area contributed by atoms with Crippen molar-refractivity contribution in [2.45, 2.75) is 23.3 Å². The smallest absolute Gasteiger partial charge is 0.265 e. The second-order valence-corrected chi connectivity index (χ2v) is 8.40. The van der Waals surface area contributed by atoms with E-state index < -0.39 is 21.5 Å². The molecule has 22 heavy (non-hydrogen) atoms. The van der Waals surface area contributed by atoms with Crippen LogP contribution in [0.5, 0.6) is 0 Å². The Morgan fingerprint density at radius 1 is 1.55 bits per heavy atom. The lowest BCUT2D eigenvalue weighted by Crippen LogP contribution is -2.54. The third-order valence-corrected chi connectivity index (χ3v) is 5.57. The van der Waals surface area contributed by atoms with E-state index >= 15 is 0 Å². The maximum atomic E-state index is 12.6. The first-order valence-electron chi connectivity index (χ1n) is 6.89. The molecule has 1 aromatic rings. The summed E-state index contributed by atoms with van der Waals surface area (Å²) in [6, 6.07) is 1.34. The van der Waals surface area contributed by atoms with Crippen LogP contribution in [0, 0.1) is 0 Å². The third kappa shape index (κ3) is 3.85. The van der Waals surface area contributed by atoms with Crippen LogP contribution in [0.1, 0.15) is 22.5 Å². The molecule has 0 spiro atoms. The van der Waals surface area contributed by atoms with E-state index in [0.717, 1.165) is 11.3 Å². The largest absolute Gasteiger partial charge is 0.387 e. The van der Waals surface area contributed by atoms with Gasteiger partial charge in [0.15, 0.2) is 0 Å². The predicted molar refractivity (Wildman–Crippen MR) is 84.3 cm³/mol. The lowest BCUT2D eigenvalue weighted by Gasteiger charge is -2.40. The van der Waals surface area contributed by atoms with Crippen molar-refractivity contribution in [3.63, 3.8) is 0 Å². The SMILES string of the molecule is CN(C)C[C@]1(O)CCCN(C(=O)c2sccc2S(N)(=O)=O)C1. The number of amides is 1. The minimum Gasteiger partial charge on any atom is -0.387 e. The molecule has 1 fully saturated rings. The Balaban J connectivity index is 2.22. The van der Waals surface area contributed by atoms with Gasteiger partial charge >= 0.3 is 0 Å². The van der Waals surface area contributed by atoms with Crippen molar-refractivity contribution in [3.8, 4) is 0 Å². The molecule has 2 heterocycles. The van der Waals surface area contributed by atoms with Crippen LogP contribution in [0.25, 0.3) is 0 Å². The molecule has 1 saturated heterocycles. The molecule has 1 amide bonds. The summed E-state index contributed by atoms with van der Waals surface area (Å²) in [5, 5.41) is 17.3. The van der Waals surface area contributed by atoms with Gasteiger partial charge < -0.3 is 14.9 Å². The number of hydrogen-bond donors (Lipinski definition) is 2. The number of likely N-dealkylation sites (N-methyl/N-ethyl adjacent to an activating group) is 1. The molecule has 0 aliphatic carbocycles. The van der Waals surface area contributed by atoms with Gasteiger partial charge in [-0.2, -0.15) is 0 Å². The molecular weight excluding hydrogens is 326 g/mol. The van der Waals surface area contributed by atoms with Crippen molar-refractivity contribution in [1.29, 1.82) is 0 Å². The minimum atomic E-state index is -3.93. The van der Waals surface area contributed by atoms with Crippen molar-refractivity contribution in [3.05, 3.63) is 16.3 Å². The highest BCUT2D eigenvalue weighted by atomic mass is 32.2. The fourth-order valence-electron chi connectivity index (χ4n) is 2.82. The lowest BCUT2D eigenvalue weighted by atomic mass is 9.92. The van der Waals surface area contributed by atoms with Crippen LogP contribution in [0.2, 0.25) is 0 Å². The van der Waals surface area contributed by atoms with Gasteiger partial charge in [-0.05, 0) is 38.4 Å². The lowest BCUT2D eigenvalue weighted by molar-refractivity contribution is -0.0391. The average molecular weight is 347 g/mol. The molecule has 2 rings (SSSR count). The number of carbonyl (C=O) groups is 1. The Kier molecular flexibility index (Phi) is 4.93. The van der Waals surface area contributed by atoms with Crippen LogP contribution in [-0.2, 0) is 10.0 Å². The van der Waals surface area contributed by atoms with Crippen LogP contribution in [0.15, 0.2) is 16.3 Å². The van der Waals surface area contributed by atoms with E-state index in [0.29, 0.717) is 25.9 Å². The Morgan fingerprint density at radius 2 is 2.23 bits per heavy atom. The van der Waals surface area contributed by atoms with Gasteiger partial charge in [0.25, 0.3) is 5.91 Å². The molecule has 3 N–H and O–H groups in total. The predicted octanol–water partition coefficient (Wildman–Crippen LogP) is -0.0758. The Morgan fingerprint density at radius 3 is 2.82 bits per heavy atom. The summed E-state index contributed by atoms with van der Waals surface area (Å²) < 4.78 is 23.1. The number of β-amino-alcohol motifs (C(OH)–C–C–N with tert-alkyl or cyclic N) is 1. The summed E-state index contributed by atoms with van der Waals surface area (Å²) in [7, 11) is -0.213. The highest BCUT2D eigenvalue weighted by molar-refractivity contribution is 7.89. The number of rotatable bonds is 4. The number of sulfonamides is 1. The first kappa shape index (κ1) is 17.4. The molecule has 0 bridgehead atoms. The van der Waals surface area contributed by atoms with E-state index in [1.54, 1.807) is 0 Å². The molecule has 1 aliphatic rings. The van der Waals surface area contributed by atoms with Gasteiger partial charge in [0, 0.05) is 13.1 Å². The number of carbonyl (C=O) groups excluding carboxylic acids is 1. The van der Waals surface area contributed by atoms with Crippen molar-refractivity contribution < 1.29 is 18.3 Å². The van der Waals surface area contributed by atoms with E-state index in [4.69, 9.17) is 5.14 Å². The highest BCUT2D eigenvalue weighted by Crippen LogP contribution is 2.27. The normalized spacial score (nSPS) is 23.0. The molecular formula is C13H21N3O4S2. The summed E-state index contributed by atoms with van der Waals surface area (Å²) >= 11 is 1.05. The van der Waals surface area contributed by atoms with Gasteiger partial charge in [-0.25, -0.2) is 13.6 Å². The van der Waals surface area contributed by atoms with Gasteiger partial charge in [0.1, 0.15) is 9.77 Å². The van der Waals surface area contributed by atoms with Crippen LogP contribution < -0.4 is 5.14 Å². The number of aliphatic hydroxyl groups is 1. The second-order valence-electron chi connectivity index (χ2n) is 5.95. The van der Waals surface area contributed by atoms with Crippen molar-refractivity contribution in [2.75, 3.05) is 33.7 Å². The summed E-state index contributed by atoms with van der Waals surface area (Å²) in [6.45, 7) is 1.13. The van der Waals surface area contributed by atoms with Crippen LogP contribution in [0.3, 0.4) is 0 Å². The highest BCUT2D eigenvalue weighted by Gasteiger charge is 2.37. The standard InChI is InChI=1S/C13H21N3O4S2/c1-15(2)8-13(18)5-3-6-16(9-13)12(17)11-10(4-7-21-11)22(14,19)20/h4,7,18H,3,5-6,8-9H2,1-2H3,(H2,14,19,20)/t13-/m1/s1. The zero-order chi connectivity index (χ0) is 16.5. The van der Waals surface area contributed by atoms with Crippen molar-refractivity contribution in [2.24, 2.45) is 5.14 Å². The number of piperidine rings is 1. The summed E-state index contributed by atoms with van der Waals surface area (Å²) in [4.78, 5) is 15.9. The zero-order valence-electron chi connectivity index (χ0n) is 12.7. The molecule has 7 nitrogen and oxygen atoms in total. The molecule has 1 aliphatic heterocycles. The van der Waals surface area contributed by atoms with E-state index in [1.807, 2.05) is 19.0 Å². The van der Waals surface area contributed by atoms with Crippen LogP contribution >= 0.6 is 11.3 Å². The van der Waals surface area contributed by atoms with Crippen LogP contribution in [-0.4, -0.2) is 68.6 Å². The topological polar surface area (TPSA) is 104 Å². The van der Waals surface area contributed by atoms with E-state index in [9.17, 15) is 18.3 Å². The first-order valence-corrected chi connectivity index (χ1v) is 9.32. The first-order chi connectivity index (χ1) is 10.1. The Bertz CT molecular complexity index is 656. The number of nitrogens with two attached hydrogens (primary N) is 1. The van der Waals surface area contributed by atoms with E-state index in [-0.39, 0.29) is 16.3 Å². The fourth-order valence-corrected chi connectivity index (χ4v) is 4.76. The quantitative estimate of drug-likeness (QED) is 0.793. The molecule has 0 unspecified atom stereocenters. The van der Waals surface area contributed by atoms with Crippen molar-refractivity contribution >= 4 is 27.3 Å². The average Bonchev–Trinajstić information content (AvgIpc) is 2.85. The number of primary sulfonamides is 1. The maximum absolute atomic E-state index is 12.6. The zero-order valence-corrected chi connectivity index (χ0v) is 14.3. The van der Waals surface area contributed by atoms with Crippen LogP contribution in [0.4, 0.5) is 0 Å². The molecule has 1 atom stereocenters. The number of thiophene rings is 1. The summed E-state index contributed by atoms with van der Waals surface area (Å²) in [5.41, 5.74) is -0.976. The molecule has 124 valence electrons. The Hall–Kier alpha value is -1.00. The third-order valence-electron chi connectivity index (χ3n) is 3.58. The van der Waals surface area contributed by atoms with Gasteiger partial charge in [-0.3, -0.25) is 4.79 Å². The molecule has 9 heteroatoms. The molecule has 0 radical (unpaired) electrons. The van der Waals surface area contributed by atoms with E-state index in [2.05, 4.69) is 0 Å². The Labute approximate surface area is 134 Å². The molecule has 0 aromatic carbocycles. The van der Waals surface area contributed by atoms with E-state index in [1.165, 1.54) is 16.3 Å². The summed E-state index contributed by atoms with van der Waals surface area (Å²) in [5.74, 6) is -0.393. The minimum absolute atomic E-state index is 0.108. The summed E-state index contributed by atoms with van der Waals surface area (Å²) in [6.07, 6.45) is 1.29. The van der Waals surface area contributed by atoms with Gasteiger partial charge in [0.2, 0.25) is 10.0 Å². The monoisotopic (exact) mass is 347 g/mol. The van der Waals surface area contributed by atoms with Gasteiger partial charge in [0.05, 0.1) is 12.1 Å². The number of hydrogen-bond acceptors (Lipinski definition) is 6.